The van der Waals surface area contributed by atoms with Crippen LogP contribution >= 0.6 is 0 Å². The number of hydrogen-bond donors (Lipinski definition) is 1. The molecule has 0 radical (unpaired) electrons. The third kappa shape index (κ3) is 3.70. The molecule has 0 unspecified atom stereocenters. The minimum atomic E-state index is -0.241. The number of carbonyl (C=O) groups excluding carboxylic acids is 1. The van der Waals surface area contributed by atoms with E-state index in [1.54, 1.807) is 0 Å². The molecule has 4 nitrogen and oxygen atoms in total. The predicted octanol–water partition coefficient (Wildman–Crippen LogP) is 1.81. The molecule has 1 aliphatic heterocycles. The Labute approximate surface area is 114 Å². The number of benzene rings is 1. The van der Waals surface area contributed by atoms with Crippen LogP contribution < -0.4 is 10.2 Å². The second-order valence-corrected chi connectivity index (χ2v) is 5.04. The minimum Gasteiger partial charge on any atom is -0.370 e. The molecular formula is C15H22N2O2. The molecule has 1 aliphatic rings. The first-order chi connectivity index (χ1) is 9.18. The third-order valence-electron chi connectivity index (χ3n) is 3.62. The average Bonchev–Trinajstić information content (AvgIpc) is 2.98. The normalized spacial score (nSPS) is 20.0. The number of likely N-dealkylation sites (N-methyl/N-ethyl adjacent to an activating group) is 1. The van der Waals surface area contributed by atoms with E-state index in [1.807, 2.05) is 25.2 Å². The molecular weight excluding hydrogens is 240 g/mol. The van der Waals surface area contributed by atoms with Crippen molar-refractivity contribution in [2.75, 3.05) is 25.1 Å². The van der Waals surface area contributed by atoms with E-state index in [9.17, 15) is 4.79 Å². The van der Waals surface area contributed by atoms with E-state index in [0.717, 1.165) is 18.5 Å². The zero-order valence-corrected chi connectivity index (χ0v) is 11.6. The lowest BCUT2D eigenvalue weighted by Crippen LogP contribution is -2.43. The number of rotatable bonds is 5. The van der Waals surface area contributed by atoms with Crippen molar-refractivity contribution in [2.24, 2.45) is 0 Å². The van der Waals surface area contributed by atoms with E-state index in [-0.39, 0.29) is 18.1 Å². The Morgan fingerprint density at radius 3 is 2.84 bits per heavy atom. The highest BCUT2D eigenvalue weighted by molar-refractivity contribution is 5.81. The van der Waals surface area contributed by atoms with Crippen molar-refractivity contribution in [2.45, 2.75) is 31.9 Å². The fourth-order valence-corrected chi connectivity index (χ4v) is 2.20. The number of para-hydroxylation sites is 1. The van der Waals surface area contributed by atoms with Crippen LogP contribution in [0.1, 0.15) is 19.8 Å². The standard InChI is InChI=1S/C15H22N2O2/c1-12(17(2)13-7-4-3-5-8-13)11-16-15(18)14-9-6-10-19-14/h3-5,7-8,12,14H,6,9-11H2,1-2H3,(H,16,18)/t12-,14+/m0/s1. The SMILES string of the molecule is C[C@@H](CNC(=O)[C@H]1CCCO1)N(C)c1ccccc1. The summed E-state index contributed by atoms with van der Waals surface area (Å²) in [6.45, 7) is 3.43. The van der Waals surface area contributed by atoms with Crippen LogP contribution in [0, 0.1) is 0 Å². The fraction of sp³-hybridized carbons (Fsp3) is 0.533. The topological polar surface area (TPSA) is 41.6 Å². The number of ether oxygens (including phenoxy) is 1. The van der Waals surface area contributed by atoms with Crippen molar-refractivity contribution < 1.29 is 9.53 Å². The van der Waals surface area contributed by atoms with Crippen LogP contribution in [0.5, 0.6) is 0 Å². The van der Waals surface area contributed by atoms with Crippen molar-refractivity contribution in [3.8, 4) is 0 Å². The van der Waals surface area contributed by atoms with Crippen LogP contribution in [0.15, 0.2) is 30.3 Å². The van der Waals surface area contributed by atoms with E-state index in [1.165, 1.54) is 0 Å². The molecule has 0 spiro atoms. The van der Waals surface area contributed by atoms with Crippen LogP contribution in [-0.4, -0.2) is 38.3 Å². The van der Waals surface area contributed by atoms with Gasteiger partial charge in [0.25, 0.3) is 0 Å². The minimum absolute atomic E-state index is 0.0193. The Morgan fingerprint density at radius 1 is 1.47 bits per heavy atom. The summed E-state index contributed by atoms with van der Waals surface area (Å²) in [5.74, 6) is 0.0193. The van der Waals surface area contributed by atoms with Crippen LogP contribution in [0.2, 0.25) is 0 Å². The van der Waals surface area contributed by atoms with Gasteiger partial charge in [0.05, 0.1) is 0 Å². The number of nitrogens with one attached hydrogen (secondary N) is 1. The van der Waals surface area contributed by atoms with Crippen molar-refractivity contribution in [1.82, 2.24) is 5.32 Å². The molecule has 0 bridgehead atoms. The Balaban J connectivity index is 1.80. The van der Waals surface area contributed by atoms with Gasteiger partial charge in [-0.05, 0) is 31.9 Å². The largest absolute Gasteiger partial charge is 0.370 e. The van der Waals surface area contributed by atoms with Gasteiger partial charge in [0.1, 0.15) is 6.10 Å². The van der Waals surface area contributed by atoms with Crippen LogP contribution in [0.25, 0.3) is 0 Å². The molecule has 1 saturated heterocycles. The van der Waals surface area contributed by atoms with Gasteiger partial charge >= 0.3 is 0 Å². The van der Waals surface area contributed by atoms with Gasteiger partial charge < -0.3 is 15.0 Å². The van der Waals surface area contributed by atoms with Crippen LogP contribution in [0.3, 0.4) is 0 Å². The molecule has 4 heteroatoms. The molecule has 104 valence electrons. The van der Waals surface area contributed by atoms with Gasteiger partial charge in [-0.3, -0.25) is 4.79 Å². The highest BCUT2D eigenvalue weighted by atomic mass is 16.5. The fourth-order valence-electron chi connectivity index (χ4n) is 2.20. The second-order valence-electron chi connectivity index (χ2n) is 5.04. The van der Waals surface area contributed by atoms with Gasteiger partial charge in [0, 0.05) is 31.9 Å². The summed E-state index contributed by atoms with van der Waals surface area (Å²) in [6, 6.07) is 10.4. The molecule has 1 heterocycles. The van der Waals surface area contributed by atoms with Crippen molar-refractivity contribution in [3.05, 3.63) is 30.3 Å². The maximum atomic E-state index is 11.9. The van der Waals surface area contributed by atoms with Crippen molar-refractivity contribution in [1.29, 1.82) is 0 Å². The number of carbonyl (C=O) groups is 1. The Kier molecular flexibility index (Phi) is 4.80. The van der Waals surface area contributed by atoms with Crippen LogP contribution in [-0.2, 0) is 9.53 Å². The Hall–Kier alpha value is -1.55. The smallest absolute Gasteiger partial charge is 0.249 e. The van der Waals surface area contributed by atoms with Gasteiger partial charge in [-0.15, -0.1) is 0 Å². The summed E-state index contributed by atoms with van der Waals surface area (Å²) in [4.78, 5) is 14.0. The zero-order chi connectivity index (χ0) is 13.7. The van der Waals surface area contributed by atoms with E-state index in [2.05, 4.69) is 29.3 Å². The second kappa shape index (κ2) is 6.57. The molecule has 1 aromatic carbocycles. The van der Waals surface area contributed by atoms with Gasteiger partial charge in [-0.1, -0.05) is 18.2 Å². The third-order valence-corrected chi connectivity index (χ3v) is 3.62. The number of nitrogens with zero attached hydrogens (tertiary/aromatic N) is 1. The highest BCUT2D eigenvalue weighted by Gasteiger charge is 2.23. The average molecular weight is 262 g/mol. The molecule has 1 aromatic rings. The molecule has 0 aromatic heterocycles. The molecule has 1 N–H and O–H groups in total. The van der Waals surface area contributed by atoms with Gasteiger partial charge in [0.2, 0.25) is 5.91 Å². The summed E-state index contributed by atoms with van der Waals surface area (Å²) in [5.41, 5.74) is 1.15. The van der Waals surface area contributed by atoms with Gasteiger partial charge in [0.15, 0.2) is 0 Å². The molecule has 2 atom stereocenters. The summed E-state index contributed by atoms with van der Waals surface area (Å²) in [7, 11) is 2.04. The molecule has 1 fully saturated rings. The van der Waals surface area contributed by atoms with Gasteiger partial charge in [-0.2, -0.15) is 0 Å². The Bertz CT molecular complexity index is 402. The van der Waals surface area contributed by atoms with Gasteiger partial charge in [-0.25, -0.2) is 0 Å². The first-order valence-electron chi connectivity index (χ1n) is 6.85. The van der Waals surface area contributed by atoms with Crippen LogP contribution in [0.4, 0.5) is 5.69 Å². The van der Waals surface area contributed by atoms with E-state index >= 15 is 0 Å². The van der Waals surface area contributed by atoms with E-state index in [4.69, 9.17) is 4.74 Å². The van der Waals surface area contributed by atoms with Crippen molar-refractivity contribution in [3.63, 3.8) is 0 Å². The molecule has 0 aliphatic carbocycles. The van der Waals surface area contributed by atoms with E-state index in [0.29, 0.717) is 13.2 Å². The lowest BCUT2D eigenvalue weighted by molar-refractivity contribution is -0.130. The molecule has 19 heavy (non-hydrogen) atoms. The summed E-state index contributed by atoms with van der Waals surface area (Å²) in [6.07, 6.45) is 1.58. The summed E-state index contributed by atoms with van der Waals surface area (Å²) >= 11 is 0. The lowest BCUT2D eigenvalue weighted by Gasteiger charge is -2.27. The number of hydrogen-bond acceptors (Lipinski definition) is 3. The molecule has 2 rings (SSSR count). The Morgan fingerprint density at radius 2 is 2.21 bits per heavy atom. The molecule has 0 saturated carbocycles. The van der Waals surface area contributed by atoms with Crippen molar-refractivity contribution >= 4 is 11.6 Å². The lowest BCUT2D eigenvalue weighted by atomic mass is 10.2. The molecule has 1 amide bonds. The first kappa shape index (κ1) is 13.9. The highest BCUT2D eigenvalue weighted by Crippen LogP contribution is 2.14. The quantitative estimate of drug-likeness (QED) is 0.880. The number of anilines is 1. The van der Waals surface area contributed by atoms with E-state index < -0.39 is 0 Å². The maximum absolute atomic E-state index is 11.9. The predicted molar refractivity (Wildman–Crippen MR) is 76.3 cm³/mol. The zero-order valence-electron chi connectivity index (χ0n) is 11.6. The summed E-state index contributed by atoms with van der Waals surface area (Å²) < 4.78 is 5.37. The monoisotopic (exact) mass is 262 g/mol. The maximum Gasteiger partial charge on any atom is 0.249 e. The number of amides is 1. The first-order valence-corrected chi connectivity index (χ1v) is 6.85. The summed E-state index contributed by atoms with van der Waals surface area (Å²) in [5, 5.41) is 2.97.